The maximum absolute atomic E-state index is 12.8. The maximum atomic E-state index is 12.8. The smallest absolute Gasteiger partial charge is 0.290 e. The normalized spacial score (nSPS) is 20.9. The number of imide groups is 2. The van der Waals surface area contributed by atoms with Gasteiger partial charge in [0.25, 0.3) is 18.3 Å². The first-order valence-corrected chi connectivity index (χ1v) is 10.5. The fourth-order valence-electron chi connectivity index (χ4n) is 3.95. The van der Waals surface area contributed by atoms with Crippen LogP contribution in [0.2, 0.25) is 0 Å². The van der Waals surface area contributed by atoms with Crippen LogP contribution >= 0.6 is 0 Å². The average molecular weight is 446 g/mol. The standard InChI is InChI=1S/C20H24N4O5.CH2O2/c25-17-5-4-16(18(26)22-17)24-19(27)14-3-2-13(12-15(14)20(24)28)29-11-1-8-23-9-6-21-7-10-23;2-1-3/h2-3,12,16,21H,1,4-11H2,(H,22,25,26);1H,(H,2,3). The predicted octanol–water partition coefficient (Wildman–Crippen LogP) is -0.537. The molecule has 3 N–H and O–H groups in total. The molecule has 2 fully saturated rings. The van der Waals surface area contributed by atoms with Crippen molar-refractivity contribution in [3.8, 4) is 5.75 Å². The minimum absolute atomic E-state index is 0.102. The summed E-state index contributed by atoms with van der Waals surface area (Å²) in [5.74, 6) is -1.51. The summed E-state index contributed by atoms with van der Waals surface area (Å²) in [5, 5.41) is 12.4. The Labute approximate surface area is 184 Å². The van der Waals surface area contributed by atoms with Crippen molar-refractivity contribution in [2.45, 2.75) is 25.3 Å². The monoisotopic (exact) mass is 446 g/mol. The number of carboxylic acid groups (broad SMARTS) is 1. The molecule has 1 atom stereocenters. The minimum atomic E-state index is -0.955. The van der Waals surface area contributed by atoms with Gasteiger partial charge in [-0.15, -0.1) is 0 Å². The lowest BCUT2D eigenvalue weighted by atomic mass is 10.0. The van der Waals surface area contributed by atoms with Gasteiger partial charge in [0.2, 0.25) is 11.8 Å². The van der Waals surface area contributed by atoms with Crippen LogP contribution < -0.4 is 15.4 Å². The van der Waals surface area contributed by atoms with E-state index in [9.17, 15) is 19.2 Å². The van der Waals surface area contributed by atoms with E-state index in [1.165, 1.54) is 0 Å². The van der Waals surface area contributed by atoms with Crippen molar-refractivity contribution in [1.29, 1.82) is 0 Å². The molecule has 3 aliphatic rings. The van der Waals surface area contributed by atoms with Crippen molar-refractivity contribution in [3.63, 3.8) is 0 Å². The third kappa shape index (κ3) is 5.29. The third-order valence-corrected chi connectivity index (χ3v) is 5.51. The molecular weight excluding hydrogens is 420 g/mol. The second kappa shape index (κ2) is 10.8. The lowest BCUT2D eigenvalue weighted by molar-refractivity contribution is -0.136. The van der Waals surface area contributed by atoms with Gasteiger partial charge in [0.05, 0.1) is 17.7 Å². The number of ether oxygens (including phenoxy) is 1. The maximum Gasteiger partial charge on any atom is 0.290 e. The molecule has 0 spiro atoms. The summed E-state index contributed by atoms with van der Waals surface area (Å²) in [6.07, 6.45) is 1.11. The molecule has 0 bridgehead atoms. The largest absolute Gasteiger partial charge is 0.494 e. The number of hydrogen-bond donors (Lipinski definition) is 3. The Hall–Kier alpha value is -3.31. The Morgan fingerprint density at radius 1 is 1.09 bits per heavy atom. The van der Waals surface area contributed by atoms with Crippen LogP contribution in [-0.2, 0) is 14.4 Å². The second-order valence-corrected chi connectivity index (χ2v) is 7.55. The number of piperazine rings is 1. The van der Waals surface area contributed by atoms with Gasteiger partial charge in [-0.25, -0.2) is 0 Å². The number of carbonyl (C=O) groups excluding carboxylic acids is 4. The molecule has 2 saturated heterocycles. The molecule has 4 rings (SSSR count). The number of nitrogens with one attached hydrogen (secondary N) is 2. The van der Waals surface area contributed by atoms with Gasteiger partial charge in [0.15, 0.2) is 0 Å². The number of rotatable bonds is 6. The number of fused-ring (bicyclic) bond motifs is 1. The highest BCUT2D eigenvalue weighted by Gasteiger charge is 2.44. The van der Waals surface area contributed by atoms with Crippen LogP contribution in [0.1, 0.15) is 40.0 Å². The van der Waals surface area contributed by atoms with Gasteiger partial charge in [-0.1, -0.05) is 0 Å². The highest BCUT2D eigenvalue weighted by Crippen LogP contribution is 2.30. The van der Waals surface area contributed by atoms with Gasteiger partial charge >= 0.3 is 0 Å². The highest BCUT2D eigenvalue weighted by atomic mass is 16.5. The van der Waals surface area contributed by atoms with Crippen molar-refractivity contribution >= 4 is 30.1 Å². The van der Waals surface area contributed by atoms with E-state index in [1.54, 1.807) is 18.2 Å². The van der Waals surface area contributed by atoms with Gasteiger partial charge < -0.3 is 20.1 Å². The van der Waals surface area contributed by atoms with Crippen molar-refractivity contribution in [2.24, 2.45) is 0 Å². The van der Waals surface area contributed by atoms with Crippen LogP contribution in [0.15, 0.2) is 18.2 Å². The van der Waals surface area contributed by atoms with Crippen LogP contribution in [0.5, 0.6) is 5.75 Å². The Morgan fingerprint density at radius 3 is 2.47 bits per heavy atom. The van der Waals surface area contributed by atoms with Crippen LogP contribution in [-0.4, -0.2) is 90.4 Å². The molecule has 11 nitrogen and oxygen atoms in total. The summed E-state index contributed by atoms with van der Waals surface area (Å²) in [6.45, 7) is 5.29. The summed E-state index contributed by atoms with van der Waals surface area (Å²) in [5.41, 5.74) is 0.493. The lowest BCUT2D eigenvalue weighted by Crippen LogP contribution is -2.54. The molecule has 4 amide bonds. The summed E-state index contributed by atoms with van der Waals surface area (Å²) >= 11 is 0. The first-order chi connectivity index (χ1) is 15.5. The molecule has 1 aromatic carbocycles. The molecule has 3 aliphatic heterocycles. The number of amides is 4. The zero-order valence-electron chi connectivity index (χ0n) is 17.5. The molecule has 1 unspecified atom stereocenters. The molecule has 0 aliphatic carbocycles. The molecule has 3 heterocycles. The summed E-state index contributed by atoms with van der Waals surface area (Å²) in [4.78, 5) is 60.6. The van der Waals surface area contributed by atoms with E-state index in [-0.39, 0.29) is 36.3 Å². The minimum Gasteiger partial charge on any atom is -0.494 e. The van der Waals surface area contributed by atoms with E-state index < -0.39 is 23.8 Å². The number of hydrogen-bond acceptors (Lipinski definition) is 8. The Balaban J connectivity index is 0.000000913. The van der Waals surface area contributed by atoms with E-state index in [0.717, 1.165) is 44.0 Å². The summed E-state index contributed by atoms with van der Waals surface area (Å²) in [6, 6.07) is 3.84. The molecule has 0 radical (unpaired) electrons. The van der Waals surface area contributed by atoms with Crippen molar-refractivity contribution in [2.75, 3.05) is 39.3 Å². The number of nitrogens with zero attached hydrogens (tertiary/aromatic N) is 2. The van der Waals surface area contributed by atoms with Gasteiger partial charge in [-0.2, -0.15) is 0 Å². The van der Waals surface area contributed by atoms with Crippen LogP contribution in [0.4, 0.5) is 0 Å². The molecule has 11 heteroatoms. The summed E-state index contributed by atoms with van der Waals surface area (Å²) < 4.78 is 5.77. The predicted molar refractivity (Wildman–Crippen MR) is 111 cm³/mol. The SMILES string of the molecule is O=C1CCC(N2C(=O)c3ccc(OCCCN4CCNCC4)cc3C2=O)C(=O)N1.O=CO. The quantitative estimate of drug-likeness (QED) is 0.298. The van der Waals surface area contributed by atoms with Crippen LogP contribution in [0.25, 0.3) is 0 Å². The Kier molecular flexibility index (Phi) is 7.90. The fraction of sp³-hybridized carbons (Fsp3) is 0.476. The Morgan fingerprint density at radius 2 is 1.78 bits per heavy atom. The first-order valence-electron chi connectivity index (χ1n) is 10.5. The van der Waals surface area contributed by atoms with E-state index in [4.69, 9.17) is 14.6 Å². The topological polar surface area (TPSA) is 145 Å². The second-order valence-electron chi connectivity index (χ2n) is 7.55. The Bertz CT molecular complexity index is 898. The third-order valence-electron chi connectivity index (χ3n) is 5.51. The van der Waals surface area contributed by atoms with Crippen molar-refractivity contribution in [3.05, 3.63) is 29.3 Å². The lowest BCUT2D eigenvalue weighted by Gasteiger charge is -2.27. The van der Waals surface area contributed by atoms with Crippen LogP contribution in [0, 0.1) is 0 Å². The van der Waals surface area contributed by atoms with Gasteiger partial charge in [0.1, 0.15) is 11.8 Å². The number of carbonyl (C=O) groups is 5. The van der Waals surface area contributed by atoms with E-state index in [0.29, 0.717) is 12.4 Å². The highest BCUT2D eigenvalue weighted by molar-refractivity contribution is 6.23. The first kappa shape index (κ1) is 23.4. The van der Waals surface area contributed by atoms with E-state index >= 15 is 0 Å². The van der Waals surface area contributed by atoms with Crippen molar-refractivity contribution < 1.29 is 33.8 Å². The van der Waals surface area contributed by atoms with Gasteiger partial charge in [-0.05, 0) is 31.0 Å². The van der Waals surface area contributed by atoms with E-state index in [2.05, 4.69) is 15.5 Å². The molecule has 32 heavy (non-hydrogen) atoms. The van der Waals surface area contributed by atoms with Crippen LogP contribution in [0.3, 0.4) is 0 Å². The molecule has 172 valence electrons. The average Bonchev–Trinajstić information content (AvgIpc) is 3.03. The molecule has 0 saturated carbocycles. The number of piperidine rings is 1. The number of benzene rings is 1. The molecular formula is C21H26N4O7. The molecule has 0 aromatic heterocycles. The zero-order valence-corrected chi connectivity index (χ0v) is 17.5. The van der Waals surface area contributed by atoms with E-state index in [1.807, 2.05) is 0 Å². The van der Waals surface area contributed by atoms with Gasteiger partial charge in [0, 0.05) is 39.1 Å². The fourth-order valence-corrected chi connectivity index (χ4v) is 3.95. The zero-order chi connectivity index (χ0) is 23.1. The van der Waals surface area contributed by atoms with Gasteiger partial charge in [-0.3, -0.25) is 34.2 Å². The molecule has 1 aromatic rings. The van der Waals surface area contributed by atoms with Crippen molar-refractivity contribution in [1.82, 2.24) is 20.4 Å². The summed E-state index contributed by atoms with van der Waals surface area (Å²) in [7, 11) is 0.